The van der Waals surface area contributed by atoms with Gasteiger partial charge in [-0.25, -0.2) is 4.98 Å². The van der Waals surface area contributed by atoms with Gasteiger partial charge in [-0.15, -0.1) is 11.3 Å². The van der Waals surface area contributed by atoms with Crippen LogP contribution in [0.1, 0.15) is 49.2 Å². The van der Waals surface area contributed by atoms with Crippen LogP contribution >= 0.6 is 11.3 Å². The lowest BCUT2D eigenvalue weighted by molar-refractivity contribution is -0.0527. The molecule has 1 fully saturated rings. The lowest BCUT2D eigenvalue weighted by Gasteiger charge is -2.38. The van der Waals surface area contributed by atoms with E-state index in [9.17, 15) is 0 Å². The number of hydrogen-bond donors (Lipinski definition) is 2. The maximum atomic E-state index is 5.93. The van der Waals surface area contributed by atoms with Crippen LogP contribution in [0.25, 0.3) is 0 Å². The summed E-state index contributed by atoms with van der Waals surface area (Å²) in [7, 11) is 1.82. The molecular formula is C14H25N3OS. The smallest absolute Gasteiger partial charge is 0.0945 e. The molecule has 0 radical (unpaired) electrons. The minimum Gasteiger partial charge on any atom is -0.377 e. The second-order valence-electron chi connectivity index (χ2n) is 5.49. The molecule has 2 rings (SSSR count). The van der Waals surface area contributed by atoms with Gasteiger partial charge in [-0.05, 0) is 19.8 Å². The Kier molecular flexibility index (Phi) is 5.33. The minimum absolute atomic E-state index is 0.134. The van der Waals surface area contributed by atoms with E-state index < -0.39 is 0 Å². The van der Waals surface area contributed by atoms with E-state index in [-0.39, 0.29) is 11.6 Å². The molecule has 1 aromatic rings. The summed E-state index contributed by atoms with van der Waals surface area (Å²) >= 11 is 1.71. The molecule has 4 nitrogen and oxygen atoms in total. The van der Waals surface area contributed by atoms with E-state index in [1.807, 2.05) is 14.0 Å². The molecule has 3 N–H and O–H groups in total. The molecule has 1 aliphatic carbocycles. The Morgan fingerprint density at radius 2 is 2.11 bits per heavy atom. The zero-order valence-electron chi connectivity index (χ0n) is 11.9. The summed E-state index contributed by atoms with van der Waals surface area (Å²) in [6.07, 6.45) is 8.08. The van der Waals surface area contributed by atoms with Gasteiger partial charge < -0.3 is 4.74 Å². The average Bonchev–Trinajstić information content (AvgIpc) is 2.69. The quantitative estimate of drug-likeness (QED) is 0.495. The van der Waals surface area contributed by atoms with Crippen LogP contribution in [0.4, 0.5) is 0 Å². The Morgan fingerprint density at radius 3 is 2.58 bits per heavy atom. The predicted molar refractivity (Wildman–Crippen MR) is 79.1 cm³/mol. The highest BCUT2D eigenvalue weighted by atomic mass is 32.1. The number of aryl methyl sites for hydroxylation is 1. The van der Waals surface area contributed by atoms with E-state index in [1.54, 1.807) is 11.3 Å². The van der Waals surface area contributed by atoms with E-state index in [2.05, 4.69) is 15.8 Å². The minimum atomic E-state index is -0.134. The fourth-order valence-corrected chi connectivity index (χ4v) is 3.91. The molecule has 0 saturated heterocycles. The molecule has 0 aromatic carbocycles. The van der Waals surface area contributed by atoms with Crippen molar-refractivity contribution in [3.63, 3.8) is 0 Å². The summed E-state index contributed by atoms with van der Waals surface area (Å²) in [4.78, 5) is 4.55. The number of nitrogens with zero attached hydrogens (tertiary/aromatic N) is 1. The maximum absolute atomic E-state index is 5.93. The zero-order chi connectivity index (χ0) is 13.7. The van der Waals surface area contributed by atoms with Crippen LogP contribution in [-0.4, -0.2) is 23.7 Å². The predicted octanol–water partition coefficient (Wildman–Crippen LogP) is 2.57. The molecule has 0 aliphatic heterocycles. The molecule has 1 unspecified atom stereocenters. The van der Waals surface area contributed by atoms with E-state index in [1.165, 1.54) is 25.7 Å². The summed E-state index contributed by atoms with van der Waals surface area (Å²) < 4.78 is 5.93. The third kappa shape index (κ3) is 3.54. The lowest BCUT2D eigenvalue weighted by Crippen LogP contribution is -2.55. The number of nitrogens with two attached hydrogens (primary N) is 1. The fraction of sp³-hybridized carbons (Fsp3) is 0.786. The molecule has 1 aromatic heterocycles. The third-order valence-corrected chi connectivity index (χ3v) is 5.23. The molecule has 5 heteroatoms. The second kappa shape index (κ2) is 6.79. The molecule has 0 amide bonds. The highest BCUT2D eigenvalue weighted by molar-refractivity contribution is 7.09. The number of ether oxygens (including phenoxy) is 1. The Labute approximate surface area is 119 Å². The second-order valence-corrected chi connectivity index (χ2v) is 6.43. The van der Waals surface area contributed by atoms with Crippen LogP contribution < -0.4 is 11.3 Å². The van der Waals surface area contributed by atoms with Crippen molar-refractivity contribution in [2.75, 3.05) is 7.11 Å². The van der Waals surface area contributed by atoms with Gasteiger partial charge in [0.05, 0.1) is 16.7 Å². The molecule has 108 valence electrons. The Hall–Kier alpha value is -0.490. The fourth-order valence-electron chi connectivity index (χ4n) is 3.09. The van der Waals surface area contributed by atoms with Crippen LogP contribution in [-0.2, 0) is 11.2 Å². The molecule has 0 spiro atoms. The van der Waals surface area contributed by atoms with E-state index >= 15 is 0 Å². The Bertz CT molecular complexity index is 386. The van der Waals surface area contributed by atoms with Crippen molar-refractivity contribution in [3.8, 4) is 0 Å². The zero-order valence-corrected chi connectivity index (χ0v) is 12.8. The van der Waals surface area contributed by atoms with Gasteiger partial charge in [-0.1, -0.05) is 25.7 Å². The van der Waals surface area contributed by atoms with E-state index in [0.29, 0.717) is 0 Å². The van der Waals surface area contributed by atoms with Gasteiger partial charge in [0.1, 0.15) is 0 Å². The molecule has 0 bridgehead atoms. The summed E-state index contributed by atoms with van der Waals surface area (Å²) in [6.45, 7) is 2.03. The van der Waals surface area contributed by atoms with Gasteiger partial charge in [0, 0.05) is 24.6 Å². The first-order chi connectivity index (χ1) is 9.20. The van der Waals surface area contributed by atoms with Crippen LogP contribution in [0.15, 0.2) is 5.38 Å². The van der Waals surface area contributed by atoms with Crippen molar-refractivity contribution in [1.29, 1.82) is 0 Å². The molecule has 1 atom stereocenters. The van der Waals surface area contributed by atoms with Crippen molar-refractivity contribution >= 4 is 11.3 Å². The lowest BCUT2D eigenvalue weighted by atomic mass is 9.84. The van der Waals surface area contributed by atoms with Gasteiger partial charge >= 0.3 is 0 Å². The van der Waals surface area contributed by atoms with Gasteiger partial charge in [0.2, 0.25) is 0 Å². The van der Waals surface area contributed by atoms with Gasteiger partial charge in [-0.3, -0.25) is 11.3 Å². The SMILES string of the molecule is COC1(C(Cc2nc(C)cs2)NN)CCCCCC1. The van der Waals surface area contributed by atoms with Gasteiger partial charge in [0.25, 0.3) is 0 Å². The topological polar surface area (TPSA) is 60.2 Å². The standard InChI is InChI=1S/C14H25N3OS/c1-11-10-19-13(16-11)9-12(17-15)14(18-2)7-5-3-4-6-8-14/h10,12,17H,3-9,15H2,1-2H3. The van der Waals surface area contributed by atoms with Crippen LogP contribution in [0.5, 0.6) is 0 Å². The monoisotopic (exact) mass is 283 g/mol. The summed E-state index contributed by atoms with van der Waals surface area (Å²) in [5.41, 5.74) is 3.94. The van der Waals surface area contributed by atoms with Gasteiger partial charge in [0.15, 0.2) is 0 Å². The Morgan fingerprint density at radius 1 is 1.42 bits per heavy atom. The number of thiazole rings is 1. The summed E-state index contributed by atoms with van der Waals surface area (Å²) in [5, 5.41) is 3.23. The molecule has 1 aliphatic rings. The van der Waals surface area contributed by atoms with Crippen molar-refractivity contribution in [2.45, 2.75) is 63.5 Å². The Balaban J connectivity index is 2.12. The van der Waals surface area contributed by atoms with Crippen molar-refractivity contribution < 1.29 is 4.74 Å². The van der Waals surface area contributed by atoms with Crippen LogP contribution in [0.3, 0.4) is 0 Å². The van der Waals surface area contributed by atoms with Crippen LogP contribution in [0, 0.1) is 6.92 Å². The number of hydrazine groups is 1. The number of aromatic nitrogens is 1. The number of rotatable bonds is 5. The highest BCUT2D eigenvalue weighted by Gasteiger charge is 2.39. The first-order valence-electron chi connectivity index (χ1n) is 7.12. The van der Waals surface area contributed by atoms with Gasteiger partial charge in [-0.2, -0.15) is 0 Å². The molecule has 19 heavy (non-hydrogen) atoms. The number of nitrogens with one attached hydrogen (secondary N) is 1. The molecule has 1 heterocycles. The van der Waals surface area contributed by atoms with Crippen molar-refractivity contribution in [1.82, 2.24) is 10.4 Å². The number of methoxy groups -OCH3 is 1. The summed E-state index contributed by atoms with van der Waals surface area (Å²) in [5.74, 6) is 5.82. The number of hydrogen-bond acceptors (Lipinski definition) is 5. The average molecular weight is 283 g/mol. The highest BCUT2D eigenvalue weighted by Crippen LogP contribution is 2.34. The van der Waals surface area contributed by atoms with Crippen LogP contribution in [0.2, 0.25) is 0 Å². The third-order valence-electron chi connectivity index (χ3n) is 4.24. The first-order valence-corrected chi connectivity index (χ1v) is 8.00. The summed E-state index contributed by atoms with van der Waals surface area (Å²) in [6, 6.07) is 0.140. The van der Waals surface area contributed by atoms with E-state index in [4.69, 9.17) is 10.6 Å². The largest absolute Gasteiger partial charge is 0.377 e. The van der Waals surface area contributed by atoms with Crippen molar-refractivity contribution in [3.05, 3.63) is 16.1 Å². The maximum Gasteiger partial charge on any atom is 0.0945 e. The molecule has 1 saturated carbocycles. The molecular weight excluding hydrogens is 258 g/mol. The normalized spacial score (nSPS) is 21.0. The van der Waals surface area contributed by atoms with E-state index in [0.717, 1.165) is 30.0 Å². The first kappa shape index (κ1) is 14.9. The van der Waals surface area contributed by atoms with Crippen molar-refractivity contribution in [2.24, 2.45) is 5.84 Å².